The van der Waals surface area contributed by atoms with Crippen molar-refractivity contribution in [1.29, 1.82) is 0 Å². The molecule has 2 N–H and O–H groups in total. The number of imide groups is 1. The summed E-state index contributed by atoms with van der Waals surface area (Å²) in [5, 5.41) is 4.87. The first-order chi connectivity index (χ1) is 13.2. The molecule has 0 aliphatic carbocycles. The first kappa shape index (κ1) is 21.5. The van der Waals surface area contributed by atoms with Gasteiger partial charge in [-0.3, -0.25) is 10.1 Å². The number of benzene rings is 2. The van der Waals surface area contributed by atoms with E-state index in [0.717, 1.165) is 10.8 Å². The van der Waals surface area contributed by atoms with Crippen LogP contribution in [0.4, 0.5) is 18.0 Å². The van der Waals surface area contributed by atoms with Crippen LogP contribution in [-0.4, -0.2) is 43.8 Å². The van der Waals surface area contributed by atoms with Gasteiger partial charge in [0.2, 0.25) is 0 Å². The molecule has 0 aromatic heterocycles. The Morgan fingerprint density at radius 2 is 1.75 bits per heavy atom. The van der Waals surface area contributed by atoms with E-state index in [9.17, 15) is 27.6 Å². The number of urea groups is 1. The van der Waals surface area contributed by atoms with Gasteiger partial charge in [0.15, 0.2) is 13.2 Å². The Morgan fingerprint density at radius 1 is 1.04 bits per heavy atom. The number of nitrogens with one attached hydrogen (secondary N) is 2. The Kier molecular flexibility index (Phi) is 7.21. The molecule has 7 nitrogen and oxygen atoms in total. The summed E-state index contributed by atoms with van der Waals surface area (Å²) in [5.41, 5.74) is 0. The fourth-order valence-electron chi connectivity index (χ4n) is 2.04. The number of amides is 3. The molecule has 28 heavy (non-hydrogen) atoms. The SMILES string of the molecule is O=C(COC(=O)COc1ccc2ccccc2c1Br)NC(=O)NCC(F)(F)F. The van der Waals surface area contributed by atoms with E-state index in [1.807, 2.05) is 24.3 Å². The molecule has 150 valence electrons. The molecule has 2 aromatic carbocycles. The average molecular weight is 463 g/mol. The second-order valence-corrected chi connectivity index (χ2v) is 6.19. The molecule has 2 aromatic rings. The molecule has 0 unspecified atom stereocenters. The third kappa shape index (κ3) is 6.72. The highest BCUT2D eigenvalue weighted by Crippen LogP contribution is 2.32. The summed E-state index contributed by atoms with van der Waals surface area (Å²) < 4.78 is 46.4. The molecule has 0 saturated carbocycles. The molecule has 0 bridgehead atoms. The van der Waals surface area contributed by atoms with Crippen molar-refractivity contribution in [2.45, 2.75) is 6.18 Å². The zero-order chi connectivity index (χ0) is 20.7. The zero-order valence-electron chi connectivity index (χ0n) is 14.1. The maximum absolute atomic E-state index is 11.9. The number of esters is 1. The summed E-state index contributed by atoms with van der Waals surface area (Å²) in [5.74, 6) is -1.60. The Bertz CT molecular complexity index is 889. The van der Waals surface area contributed by atoms with E-state index in [1.165, 1.54) is 5.32 Å². The topological polar surface area (TPSA) is 93.7 Å². The highest BCUT2D eigenvalue weighted by atomic mass is 79.9. The Balaban J connectivity index is 1.76. The van der Waals surface area contributed by atoms with Crippen LogP contribution >= 0.6 is 15.9 Å². The van der Waals surface area contributed by atoms with Crippen molar-refractivity contribution in [3.8, 4) is 5.75 Å². The lowest BCUT2D eigenvalue weighted by Crippen LogP contribution is -2.44. The third-order valence-electron chi connectivity index (χ3n) is 3.24. The van der Waals surface area contributed by atoms with Crippen molar-refractivity contribution >= 4 is 44.6 Å². The molecule has 0 spiro atoms. The summed E-state index contributed by atoms with van der Waals surface area (Å²) >= 11 is 3.38. The van der Waals surface area contributed by atoms with Gasteiger partial charge in [0, 0.05) is 0 Å². The van der Waals surface area contributed by atoms with Gasteiger partial charge in [-0.05, 0) is 32.8 Å². The van der Waals surface area contributed by atoms with Crippen molar-refractivity contribution in [3.05, 3.63) is 40.9 Å². The summed E-state index contributed by atoms with van der Waals surface area (Å²) in [6.07, 6.45) is -4.61. The quantitative estimate of drug-likeness (QED) is 0.643. The van der Waals surface area contributed by atoms with Crippen LogP contribution in [0.5, 0.6) is 5.75 Å². The third-order valence-corrected chi connectivity index (χ3v) is 4.06. The summed E-state index contributed by atoms with van der Waals surface area (Å²) in [4.78, 5) is 34.1. The van der Waals surface area contributed by atoms with E-state index < -0.39 is 43.8 Å². The number of hydrogen-bond acceptors (Lipinski definition) is 5. The van der Waals surface area contributed by atoms with Crippen LogP contribution in [0.15, 0.2) is 40.9 Å². The Labute approximate surface area is 165 Å². The molecule has 0 fully saturated rings. The van der Waals surface area contributed by atoms with Crippen molar-refractivity contribution < 1.29 is 37.0 Å². The first-order valence-electron chi connectivity index (χ1n) is 7.76. The molecule has 0 radical (unpaired) electrons. The second kappa shape index (κ2) is 9.40. The van der Waals surface area contributed by atoms with Crippen molar-refractivity contribution in [1.82, 2.24) is 10.6 Å². The molecule has 3 amide bonds. The lowest BCUT2D eigenvalue weighted by Gasteiger charge is -2.11. The molecule has 0 heterocycles. The van der Waals surface area contributed by atoms with Gasteiger partial charge in [-0.25, -0.2) is 9.59 Å². The zero-order valence-corrected chi connectivity index (χ0v) is 15.7. The highest BCUT2D eigenvalue weighted by molar-refractivity contribution is 9.10. The van der Waals surface area contributed by atoms with Crippen LogP contribution in [0.25, 0.3) is 10.8 Å². The van der Waals surface area contributed by atoms with Crippen molar-refractivity contribution in [2.24, 2.45) is 0 Å². The van der Waals surface area contributed by atoms with Gasteiger partial charge < -0.3 is 14.8 Å². The van der Waals surface area contributed by atoms with Gasteiger partial charge in [-0.15, -0.1) is 0 Å². The molecular weight excluding hydrogens is 449 g/mol. The van der Waals surface area contributed by atoms with Crippen LogP contribution < -0.4 is 15.4 Å². The minimum absolute atomic E-state index is 0.381. The average Bonchev–Trinajstić information content (AvgIpc) is 2.64. The van der Waals surface area contributed by atoms with Gasteiger partial charge in [0.05, 0.1) is 4.47 Å². The summed E-state index contributed by atoms with van der Waals surface area (Å²) in [6.45, 7) is -2.95. The van der Waals surface area contributed by atoms with E-state index in [0.29, 0.717) is 10.2 Å². The maximum Gasteiger partial charge on any atom is 0.405 e. The highest BCUT2D eigenvalue weighted by Gasteiger charge is 2.28. The number of alkyl halides is 3. The molecule has 0 aliphatic heterocycles. The van der Waals surface area contributed by atoms with Crippen LogP contribution in [0.3, 0.4) is 0 Å². The standard InChI is InChI=1S/C17H14BrF3N2O5/c18-15-11-4-2-1-3-10(11)5-6-12(15)27-8-14(25)28-7-13(24)23-16(26)22-9-17(19,20)21/h1-6H,7-9H2,(H2,22,23,24,26). The number of carbonyl (C=O) groups excluding carboxylic acids is 3. The minimum atomic E-state index is -4.61. The summed E-state index contributed by atoms with van der Waals surface area (Å²) in [7, 11) is 0. The van der Waals surface area contributed by atoms with E-state index in [2.05, 4.69) is 20.7 Å². The lowest BCUT2D eigenvalue weighted by molar-refractivity contribution is -0.150. The van der Waals surface area contributed by atoms with Gasteiger partial charge in [-0.1, -0.05) is 30.3 Å². The normalized spacial score (nSPS) is 11.0. The van der Waals surface area contributed by atoms with Gasteiger partial charge >= 0.3 is 18.2 Å². The van der Waals surface area contributed by atoms with Crippen LogP contribution in [0.2, 0.25) is 0 Å². The van der Waals surface area contributed by atoms with Crippen molar-refractivity contribution in [2.75, 3.05) is 19.8 Å². The van der Waals surface area contributed by atoms with Crippen LogP contribution in [-0.2, 0) is 14.3 Å². The number of fused-ring (bicyclic) bond motifs is 1. The number of carbonyl (C=O) groups is 3. The maximum atomic E-state index is 11.9. The molecule has 11 heteroatoms. The first-order valence-corrected chi connectivity index (χ1v) is 8.55. The fraction of sp³-hybridized carbons (Fsp3) is 0.235. The number of halogens is 4. The molecule has 0 atom stereocenters. The Hall–Kier alpha value is -2.82. The van der Waals surface area contributed by atoms with Gasteiger partial charge in [-0.2, -0.15) is 13.2 Å². The number of hydrogen-bond donors (Lipinski definition) is 2. The molecule has 0 aliphatic rings. The van der Waals surface area contributed by atoms with Gasteiger partial charge in [0.1, 0.15) is 12.3 Å². The largest absolute Gasteiger partial charge is 0.481 e. The van der Waals surface area contributed by atoms with Gasteiger partial charge in [0.25, 0.3) is 5.91 Å². The van der Waals surface area contributed by atoms with E-state index in [4.69, 9.17) is 4.74 Å². The minimum Gasteiger partial charge on any atom is -0.481 e. The van der Waals surface area contributed by atoms with Crippen LogP contribution in [0.1, 0.15) is 0 Å². The second-order valence-electron chi connectivity index (χ2n) is 5.39. The van der Waals surface area contributed by atoms with E-state index in [-0.39, 0.29) is 0 Å². The summed E-state index contributed by atoms with van der Waals surface area (Å²) in [6, 6.07) is 9.58. The monoisotopic (exact) mass is 462 g/mol. The van der Waals surface area contributed by atoms with Crippen molar-refractivity contribution in [3.63, 3.8) is 0 Å². The number of rotatable bonds is 6. The smallest absolute Gasteiger partial charge is 0.405 e. The predicted octanol–water partition coefficient (Wildman–Crippen LogP) is 2.91. The molecular formula is C17H14BrF3N2O5. The molecule has 2 rings (SSSR count). The molecule has 0 saturated heterocycles. The van der Waals surface area contributed by atoms with E-state index in [1.54, 1.807) is 17.4 Å². The number of ether oxygens (including phenoxy) is 2. The predicted molar refractivity (Wildman–Crippen MR) is 95.7 cm³/mol. The van der Waals surface area contributed by atoms with E-state index >= 15 is 0 Å². The fourth-order valence-corrected chi connectivity index (χ4v) is 2.64. The Morgan fingerprint density at radius 3 is 2.46 bits per heavy atom. The van der Waals surface area contributed by atoms with Crippen LogP contribution in [0, 0.1) is 0 Å². The lowest BCUT2D eigenvalue weighted by atomic mass is 10.1.